The van der Waals surface area contributed by atoms with Crippen molar-refractivity contribution in [3.05, 3.63) is 129 Å². The van der Waals surface area contributed by atoms with Gasteiger partial charge < -0.3 is 10.2 Å². The first-order valence-electron chi connectivity index (χ1n) is 15.0. The Morgan fingerprint density at radius 1 is 0.848 bits per heavy atom. The molecule has 0 bridgehead atoms. The zero-order valence-corrected chi connectivity index (χ0v) is 28.9. The van der Waals surface area contributed by atoms with Crippen molar-refractivity contribution in [2.24, 2.45) is 0 Å². The van der Waals surface area contributed by atoms with Crippen LogP contribution in [0.1, 0.15) is 36.8 Å². The van der Waals surface area contributed by atoms with Crippen LogP contribution in [0.15, 0.2) is 112 Å². The second-order valence-electron chi connectivity index (χ2n) is 11.3. The number of carbonyl (C=O) groups excluding carboxylic acids is 2. The third-order valence-electron chi connectivity index (χ3n) is 8.03. The van der Waals surface area contributed by atoms with Crippen LogP contribution >= 0.6 is 39.1 Å². The summed E-state index contributed by atoms with van der Waals surface area (Å²) in [7, 11) is -4.29. The molecule has 1 N–H and O–H groups in total. The lowest BCUT2D eigenvalue weighted by molar-refractivity contribution is -0.140. The number of anilines is 1. The zero-order valence-electron chi connectivity index (χ0n) is 25.0. The third-order valence-corrected chi connectivity index (χ3v) is 10.9. The summed E-state index contributed by atoms with van der Waals surface area (Å²) in [6, 6.07) is 28.3. The molecule has 5 rings (SSSR count). The maximum absolute atomic E-state index is 14.6. The molecule has 1 aliphatic carbocycles. The number of benzene rings is 4. The third kappa shape index (κ3) is 8.50. The Bertz CT molecular complexity index is 1750. The van der Waals surface area contributed by atoms with Gasteiger partial charge in [-0.25, -0.2) is 8.42 Å². The fraction of sp³-hybridized carbons (Fsp3) is 0.257. The number of amides is 2. The van der Waals surface area contributed by atoms with E-state index in [9.17, 15) is 18.0 Å². The van der Waals surface area contributed by atoms with Crippen LogP contribution in [0.2, 0.25) is 10.0 Å². The Labute approximate surface area is 288 Å². The molecule has 0 aromatic heterocycles. The van der Waals surface area contributed by atoms with Crippen LogP contribution in [-0.2, 0) is 32.6 Å². The molecule has 11 heteroatoms. The molecule has 0 aliphatic heterocycles. The van der Waals surface area contributed by atoms with Crippen LogP contribution in [-0.4, -0.2) is 43.8 Å². The molecule has 240 valence electrons. The van der Waals surface area contributed by atoms with Crippen LogP contribution in [0.4, 0.5) is 5.69 Å². The minimum atomic E-state index is -4.29. The molecule has 0 heterocycles. The van der Waals surface area contributed by atoms with Crippen molar-refractivity contribution in [2.75, 3.05) is 10.8 Å². The first kappa shape index (κ1) is 34.0. The minimum Gasteiger partial charge on any atom is -0.352 e. The number of nitrogens with zero attached hydrogens (tertiary/aromatic N) is 2. The lowest BCUT2D eigenvalue weighted by atomic mass is 10.0. The van der Waals surface area contributed by atoms with Crippen molar-refractivity contribution < 1.29 is 18.0 Å². The molecular weight excluding hydrogens is 709 g/mol. The number of nitrogens with one attached hydrogen (secondary N) is 1. The topological polar surface area (TPSA) is 86.8 Å². The van der Waals surface area contributed by atoms with Crippen LogP contribution in [0, 0.1) is 0 Å². The van der Waals surface area contributed by atoms with E-state index in [2.05, 4.69) is 21.2 Å². The summed E-state index contributed by atoms with van der Waals surface area (Å²) < 4.78 is 30.1. The van der Waals surface area contributed by atoms with Crippen LogP contribution in [0.25, 0.3) is 0 Å². The van der Waals surface area contributed by atoms with Gasteiger partial charge in [-0.1, -0.05) is 113 Å². The Morgan fingerprint density at radius 3 is 2.13 bits per heavy atom. The van der Waals surface area contributed by atoms with Crippen molar-refractivity contribution in [1.82, 2.24) is 10.2 Å². The molecule has 1 fully saturated rings. The Morgan fingerprint density at radius 2 is 1.48 bits per heavy atom. The average Bonchev–Trinajstić information content (AvgIpc) is 3.57. The van der Waals surface area contributed by atoms with Gasteiger partial charge in [0.15, 0.2) is 0 Å². The van der Waals surface area contributed by atoms with Gasteiger partial charge in [-0.15, -0.1) is 0 Å². The van der Waals surface area contributed by atoms with Gasteiger partial charge in [-0.05, 0) is 66.4 Å². The number of carbonyl (C=O) groups is 2. The number of hydrogen-bond acceptors (Lipinski definition) is 4. The summed E-state index contributed by atoms with van der Waals surface area (Å²) in [6.45, 7) is -0.542. The van der Waals surface area contributed by atoms with Gasteiger partial charge in [-0.2, -0.15) is 0 Å². The standard InChI is InChI=1S/C35H34BrCl2N3O4S/c36-27-17-15-26(16-18-27)23-40(33(21-25-9-3-1-4-10-25)35(43)39-29-11-7-8-12-29)34(42)24-41(32-22-28(37)19-20-31(32)38)46(44,45)30-13-5-2-6-14-30/h1-6,9-10,13-20,22,29,33H,7-8,11-12,21,23-24H2,(H,39,43)/t33-/m1/s1. The quantitative estimate of drug-likeness (QED) is 0.162. The molecule has 0 unspecified atom stereocenters. The van der Waals surface area contributed by atoms with E-state index in [1.54, 1.807) is 24.3 Å². The molecule has 1 saturated carbocycles. The molecule has 0 radical (unpaired) electrons. The maximum atomic E-state index is 14.6. The highest BCUT2D eigenvalue weighted by molar-refractivity contribution is 9.10. The zero-order chi connectivity index (χ0) is 32.7. The highest BCUT2D eigenvalue weighted by Crippen LogP contribution is 2.33. The molecule has 4 aromatic rings. The average molecular weight is 744 g/mol. The van der Waals surface area contributed by atoms with Crippen LogP contribution < -0.4 is 9.62 Å². The lowest BCUT2D eigenvalue weighted by Crippen LogP contribution is -2.54. The first-order valence-corrected chi connectivity index (χ1v) is 18.0. The Balaban J connectivity index is 1.58. The Kier molecular flexibility index (Phi) is 11.4. The SMILES string of the molecule is O=C(NC1CCCC1)[C@@H](Cc1ccccc1)N(Cc1ccc(Br)cc1)C(=O)CN(c1cc(Cl)ccc1Cl)S(=O)(=O)c1ccccc1. The van der Waals surface area contributed by atoms with E-state index in [1.165, 1.54) is 29.2 Å². The van der Waals surface area contributed by atoms with E-state index >= 15 is 0 Å². The van der Waals surface area contributed by atoms with Gasteiger partial charge in [0.05, 0.1) is 15.6 Å². The predicted octanol–water partition coefficient (Wildman–Crippen LogP) is 7.65. The largest absolute Gasteiger partial charge is 0.352 e. The molecule has 46 heavy (non-hydrogen) atoms. The molecule has 7 nitrogen and oxygen atoms in total. The van der Waals surface area contributed by atoms with Crippen molar-refractivity contribution in [1.29, 1.82) is 0 Å². The summed E-state index contributed by atoms with van der Waals surface area (Å²) in [6.07, 6.45) is 4.05. The van der Waals surface area contributed by atoms with Crippen molar-refractivity contribution in [3.8, 4) is 0 Å². The van der Waals surface area contributed by atoms with E-state index in [-0.39, 0.29) is 45.5 Å². The highest BCUT2D eigenvalue weighted by Gasteiger charge is 2.36. The van der Waals surface area contributed by atoms with Crippen molar-refractivity contribution in [2.45, 2.75) is 55.6 Å². The second kappa shape index (κ2) is 15.5. The molecule has 2 amide bonds. The van der Waals surface area contributed by atoms with Gasteiger partial charge >= 0.3 is 0 Å². The van der Waals surface area contributed by atoms with Crippen molar-refractivity contribution >= 4 is 66.7 Å². The highest BCUT2D eigenvalue weighted by atomic mass is 79.9. The molecular formula is C35H34BrCl2N3O4S. The maximum Gasteiger partial charge on any atom is 0.264 e. The van der Waals surface area contributed by atoms with Crippen molar-refractivity contribution in [3.63, 3.8) is 0 Å². The number of hydrogen-bond donors (Lipinski definition) is 1. The van der Waals surface area contributed by atoms with E-state index in [1.807, 2.05) is 54.6 Å². The minimum absolute atomic E-state index is 0.0156. The fourth-order valence-electron chi connectivity index (χ4n) is 5.62. The number of rotatable bonds is 12. The molecule has 4 aromatic carbocycles. The smallest absolute Gasteiger partial charge is 0.264 e. The van der Waals surface area contributed by atoms with Gasteiger partial charge in [0.25, 0.3) is 10.0 Å². The van der Waals surface area contributed by atoms with Gasteiger partial charge in [0, 0.05) is 28.5 Å². The summed E-state index contributed by atoms with van der Waals surface area (Å²) in [4.78, 5) is 30.1. The summed E-state index contributed by atoms with van der Waals surface area (Å²) >= 11 is 16.3. The lowest BCUT2D eigenvalue weighted by Gasteiger charge is -2.34. The normalized spacial score (nSPS) is 14.1. The molecule has 1 atom stereocenters. The molecule has 0 saturated heterocycles. The molecule has 0 spiro atoms. The fourth-order valence-corrected chi connectivity index (χ4v) is 7.76. The van der Waals surface area contributed by atoms with Gasteiger partial charge in [-0.3, -0.25) is 13.9 Å². The monoisotopic (exact) mass is 741 g/mol. The summed E-state index contributed by atoms with van der Waals surface area (Å²) in [5.74, 6) is -0.847. The number of sulfonamides is 1. The van der Waals surface area contributed by atoms with Crippen LogP contribution in [0.5, 0.6) is 0 Å². The summed E-state index contributed by atoms with van der Waals surface area (Å²) in [5.41, 5.74) is 1.71. The van der Waals surface area contributed by atoms with E-state index in [0.717, 1.165) is 45.6 Å². The summed E-state index contributed by atoms with van der Waals surface area (Å²) in [5, 5.41) is 3.54. The Hall–Kier alpha value is -3.37. The first-order chi connectivity index (χ1) is 22.1. The van der Waals surface area contributed by atoms with Gasteiger partial charge in [0.1, 0.15) is 12.6 Å². The number of halogens is 3. The van der Waals surface area contributed by atoms with E-state index in [0.29, 0.717) is 0 Å². The van der Waals surface area contributed by atoms with Gasteiger partial charge in [0.2, 0.25) is 11.8 Å². The van der Waals surface area contributed by atoms with E-state index < -0.39 is 28.5 Å². The second-order valence-corrected chi connectivity index (χ2v) is 14.9. The van der Waals surface area contributed by atoms with E-state index in [4.69, 9.17) is 23.2 Å². The predicted molar refractivity (Wildman–Crippen MR) is 186 cm³/mol. The van der Waals surface area contributed by atoms with Crippen LogP contribution in [0.3, 0.4) is 0 Å². The molecule has 1 aliphatic rings.